The predicted octanol–water partition coefficient (Wildman–Crippen LogP) is 2.01. The first-order valence-electron chi connectivity index (χ1n) is 5.46. The summed E-state index contributed by atoms with van der Waals surface area (Å²) in [6.45, 7) is 5.57. The van der Waals surface area contributed by atoms with E-state index in [1.54, 1.807) is 20.8 Å². The average Bonchev–Trinajstić information content (AvgIpc) is 2.40. The van der Waals surface area contributed by atoms with E-state index in [-0.39, 0.29) is 0 Å². The van der Waals surface area contributed by atoms with Gasteiger partial charge < -0.3 is 14.6 Å². The van der Waals surface area contributed by atoms with Gasteiger partial charge in [0, 0.05) is 0 Å². The number of carbonyl (C=O) groups is 1. The molecule has 0 aromatic rings. The number of aliphatic hydroxyl groups is 1. The van der Waals surface area contributed by atoms with Crippen molar-refractivity contribution < 1.29 is 32.5 Å². The molecule has 0 bridgehead atoms. The van der Waals surface area contributed by atoms with Crippen LogP contribution in [0.2, 0.25) is 0 Å². The zero-order valence-electron chi connectivity index (χ0n) is 10.7. The van der Waals surface area contributed by atoms with E-state index in [4.69, 9.17) is 4.74 Å². The zero-order chi connectivity index (χ0) is 14.4. The van der Waals surface area contributed by atoms with Gasteiger partial charge in [0.05, 0.1) is 18.4 Å². The quantitative estimate of drug-likeness (QED) is 0.740. The molecule has 0 aliphatic carbocycles. The minimum absolute atomic E-state index is 0.495. The van der Waals surface area contributed by atoms with Gasteiger partial charge in [0.2, 0.25) is 0 Å². The van der Waals surface area contributed by atoms with Gasteiger partial charge in [-0.15, -0.1) is 0 Å². The summed E-state index contributed by atoms with van der Waals surface area (Å²) in [5.41, 5.74) is -2.31. The van der Waals surface area contributed by atoms with Crippen LogP contribution in [0, 0.1) is 5.41 Å². The Morgan fingerprint density at radius 2 is 1.83 bits per heavy atom. The smallest absolute Gasteiger partial charge is 0.443 e. The second-order valence-electron chi connectivity index (χ2n) is 5.84. The number of rotatable bonds is 1. The second-order valence-corrected chi connectivity index (χ2v) is 5.84. The first kappa shape index (κ1) is 15.2. The van der Waals surface area contributed by atoms with Crippen molar-refractivity contribution in [1.82, 2.24) is 0 Å². The van der Waals surface area contributed by atoms with Crippen molar-refractivity contribution in [1.29, 1.82) is 0 Å². The summed E-state index contributed by atoms with van der Waals surface area (Å²) in [4.78, 5) is 11.6. The molecule has 1 aliphatic heterocycles. The van der Waals surface area contributed by atoms with E-state index in [0.29, 0.717) is 0 Å². The van der Waals surface area contributed by atoms with Crippen LogP contribution in [0.4, 0.5) is 13.2 Å². The Labute approximate surface area is 103 Å². The van der Waals surface area contributed by atoms with Gasteiger partial charge in [0.1, 0.15) is 5.60 Å². The maximum Gasteiger partial charge on any atom is 0.443 e. The molecule has 0 saturated carbocycles. The van der Waals surface area contributed by atoms with E-state index < -0.39 is 42.0 Å². The van der Waals surface area contributed by atoms with E-state index in [1.807, 2.05) is 0 Å². The van der Waals surface area contributed by atoms with Gasteiger partial charge in [-0.1, -0.05) is 0 Å². The SMILES string of the molecule is CC1(OC(=O)C(C)(C)C)COC(O)(C(F)(F)F)C1. The van der Waals surface area contributed by atoms with Gasteiger partial charge in [-0.25, -0.2) is 0 Å². The van der Waals surface area contributed by atoms with Crippen molar-refractivity contribution in [3.8, 4) is 0 Å². The third-order valence-corrected chi connectivity index (χ3v) is 2.62. The molecule has 7 heteroatoms. The molecular formula is C11H17F3O4. The molecule has 0 aromatic carbocycles. The Morgan fingerprint density at radius 1 is 1.33 bits per heavy atom. The number of esters is 1. The van der Waals surface area contributed by atoms with Crippen LogP contribution in [-0.4, -0.2) is 35.2 Å². The molecule has 1 saturated heterocycles. The topological polar surface area (TPSA) is 55.8 Å². The molecule has 1 heterocycles. The standard InChI is InChI=1S/C11H17F3O4/c1-8(2,3)7(15)18-9(4)5-10(16,17-6-9)11(12,13)14/h16H,5-6H2,1-4H3. The Bertz CT molecular complexity index is 347. The van der Waals surface area contributed by atoms with Crippen molar-refractivity contribution >= 4 is 5.97 Å². The highest BCUT2D eigenvalue weighted by Crippen LogP contribution is 2.44. The monoisotopic (exact) mass is 270 g/mol. The van der Waals surface area contributed by atoms with Crippen molar-refractivity contribution in [3.05, 3.63) is 0 Å². The van der Waals surface area contributed by atoms with E-state index in [2.05, 4.69) is 4.74 Å². The Kier molecular flexibility index (Phi) is 3.47. The highest BCUT2D eigenvalue weighted by Gasteiger charge is 2.63. The summed E-state index contributed by atoms with van der Waals surface area (Å²) in [5.74, 6) is -3.89. The van der Waals surface area contributed by atoms with Crippen LogP contribution >= 0.6 is 0 Å². The highest BCUT2D eigenvalue weighted by molar-refractivity contribution is 5.75. The van der Waals surface area contributed by atoms with Crippen LogP contribution in [0.25, 0.3) is 0 Å². The molecule has 1 N–H and O–H groups in total. The van der Waals surface area contributed by atoms with Gasteiger partial charge >= 0.3 is 12.1 Å². The molecule has 18 heavy (non-hydrogen) atoms. The molecule has 0 radical (unpaired) electrons. The molecule has 106 valence electrons. The summed E-state index contributed by atoms with van der Waals surface area (Å²) in [7, 11) is 0. The fourth-order valence-electron chi connectivity index (χ4n) is 1.51. The first-order valence-corrected chi connectivity index (χ1v) is 5.46. The average molecular weight is 270 g/mol. The predicted molar refractivity (Wildman–Crippen MR) is 55.5 cm³/mol. The summed E-state index contributed by atoms with van der Waals surface area (Å²) >= 11 is 0. The van der Waals surface area contributed by atoms with Crippen molar-refractivity contribution in [2.24, 2.45) is 5.41 Å². The maximum absolute atomic E-state index is 12.5. The van der Waals surface area contributed by atoms with Gasteiger partial charge in [0.25, 0.3) is 5.79 Å². The lowest BCUT2D eigenvalue weighted by Crippen LogP contribution is -2.46. The molecule has 1 fully saturated rings. The molecule has 0 spiro atoms. The molecule has 2 unspecified atom stereocenters. The van der Waals surface area contributed by atoms with Crippen LogP contribution in [0.15, 0.2) is 0 Å². The fraction of sp³-hybridized carbons (Fsp3) is 0.909. The number of alkyl halides is 3. The first-order chi connectivity index (χ1) is 7.79. The van der Waals surface area contributed by atoms with E-state index >= 15 is 0 Å². The third kappa shape index (κ3) is 2.95. The van der Waals surface area contributed by atoms with Crippen LogP contribution in [0.3, 0.4) is 0 Å². The van der Waals surface area contributed by atoms with Crippen LogP contribution in [0.5, 0.6) is 0 Å². The van der Waals surface area contributed by atoms with Gasteiger partial charge in [0.15, 0.2) is 0 Å². The zero-order valence-corrected chi connectivity index (χ0v) is 10.7. The van der Waals surface area contributed by atoms with Crippen molar-refractivity contribution in [2.75, 3.05) is 6.61 Å². The summed E-state index contributed by atoms with van der Waals surface area (Å²) in [6.07, 6.45) is -5.75. The second kappa shape index (κ2) is 4.09. The summed E-state index contributed by atoms with van der Waals surface area (Å²) in [6, 6.07) is 0. The number of carbonyl (C=O) groups excluding carboxylic acids is 1. The van der Waals surface area contributed by atoms with Crippen LogP contribution in [-0.2, 0) is 14.3 Å². The van der Waals surface area contributed by atoms with Crippen LogP contribution in [0.1, 0.15) is 34.1 Å². The number of ether oxygens (including phenoxy) is 2. The lowest BCUT2D eigenvalue weighted by molar-refractivity contribution is -0.349. The van der Waals surface area contributed by atoms with Crippen molar-refractivity contribution in [2.45, 2.75) is 51.7 Å². The number of hydrogen-bond donors (Lipinski definition) is 1. The number of halogens is 3. The van der Waals surface area contributed by atoms with Crippen LogP contribution < -0.4 is 0 Å². The number of hydrogen-bond acceptors (Lipinski definition) is 4. The minimum atomic E-state index is -4.92. The summed E-state index contributed by atoms with van der Waals surface area (Å²) in [5, 5.41) is 9.34. The van der Waals surface area contributed by atoms with Gasteiger partial charge in [-0.2, -0.15) is 13.2 Å². The Balaban J connectivity index is 2.79. The molecule has 2 atom stereocenters. The third-order valence-electron chi connectivity index (χ3n) is 2.62. The molecule has 4 nitrogen and oxygen atoms in total. The lowest BCUT2D eigenvalue weighted by Gasteiger charge is -2.29. The van der Waals surface area contributed by atoms with Gasteiger partial charge in [-0.05, 0) is 27.7 Å². The fourth-order valence-corrected chi connectivity index (χ4v) is 1.51. The maximum atomic E-state index is 12.5. The van der Waals surface area contributed by atoms with E-state index in [9.17, 15) is 23.1 Å². The van der Waals surface area contributed by atoms with E-state index in [1.165, 1.54) is 6.92 Å². The Morgan fingerprint density at radius 3 is 2.17 bits per heavy atom. The molecular weight excluding hydrogens is 253 g/mol. The van der Waals surface area contributed by atoms with E-state index in [0.717, 1.165) is 0 Å². The molecule has 1 aliphatic rings. The largest absolute Gasteiger partial charge is 0.456 e. The molecule has 0 amide bonds. The van der Waals surface area contributed by atoms with Gasteiger partial charge in [-0.3, -0.25) is 4.79 Å². The minimum Gasteiger partial charge on any atom is -0.456 e. The molecule has 1 rings (SSSR count). The Hall–Kier alpha value is -0.820. The highest BCUT2D eigenvalue weighted by atomic mass is 19.4. The lowest BCUT2D eigenvalue weighted by atomic mass is 9.95. The summed E-state index contributed by atoms with van der Waals surface area (Å²) < 4.78 is 47.1. The van der Waals surface area contributed by atoms with Crippen molar-refractivity contribution in [3.63, 3.8) is 0 Å². The molecule has 0 aromatic heterocycles. The normalized spacial score (nSPS) is 33.6.